The number of halogens is 3. The van der Waals surface area contributed by atoms with Crippen molar-refractivity contribution in [1.29, 1.82) is 0 Å². The Bertz CT molecular complexity index is 5690. The fourth-order valence-electron chi connectivity index (χ4n) is 13.0. The van der Waals surface area contributed by atoms with Crippen LogP contribution in [-0.4, -0.2) is 63.5 Å². The zero-order valence-corrected chi connectivity index (χ0v) is 88.8. The number of carbonyl (C=O) groups excluding carboxylic acids is 4. The van der Waals surface area contributed by atoms with Gasteiger partial charge in [-0.15, -0.1) is 117 Å². The van der Waals surface area contributed by atoms with E-state index in [4.69, 9.17) is 4.98 Å². The van der Waals surface area contributed by atoms with Crippen LogP contribution in [0.1, 0.15) is 179 Å². The van der Waals surface area contributed by atoms with E-state index in [1.54, 1.807) is 12.1 Å². The summed E-state index contributed by atoms with van der Waals surface area (Å²) in [5.74, 6) is 2.21. The van der Waals surface area contributed by atoms with Crippen LogP contribution >= 0.6 is 0 Å². The standard InChI is InChI=1S/C21H14N.C17H14N.C16H11FN.C15H8F2N.4C11H20O2.4Ir/c1-2-7-16(8-3-1)18-10-6-11-19(15-18)21-14-13-17-9-4-5-12-20(17)22-21;1-12-7-8-15(11-13(12)2)17-10-9-14-5-3-4-6-16(14)18-17;1-11-6-8-13(17)10-14(11)16-9-7-12-4-2-3-5-15(12)18-16;16-12-7-11(8-13(17)9-12)15-6-5-10-3-1-2-4-14(10)18-15;4*1-8(2)5-10(12)7-11(13)6-9(3)4;;;;/h1-10,12-15H;3-7,9-11H,1-2H3;2-9H,1H3;1-7,9H;4*7-9,12H,5-6H2,1-4H3;;;;/q4*-1;;;;;;;;. The average Bonchev–Trinajstić information content (AvgIpc) is 0.831. The number of aryl methyl sites for hydroxylation is 3. The van der Waals surface area contributed by atoms with Crippen LogP contribution < -0.4 is 0 Å². The maximum absolute atomic E-state index is 13.3. The van der Waals surface area contributed by atoms with Crippen molar-refractivity contribution in [2.45, 2.75) is 183 Å². The summed E-state index contributed by atoms with van der Waals surface area (Å²) in [5, 5.41) is 41.8. The van der Waals surface area contributed by atoms with E-state index < -0.39 is 11.6 Å². The normalized spacial score (nSPS) is 11.2. The summed E-state index contributed by atoms with van der Waals surface area (Å²) < 4.78 is 39.5. The summed E-state index contributed by atoms with van der Waals surface area (Å²) in [6.07, 6.45) is 9.86. The summed E-state index contributed by atoms with van der Waals surface area (Å²) in [5.41, 5.74) is 16.0. The number of para-hydroxylation sites is 4. The Labute approximate surface area is 835 Å². The number of aliphatic hydroxyl groups is 4. The second-order valence-electron chi connectivity index (χ2n) is 35.2. The van der Waals surface area contributed by atoms with Crippen molar-refractivity contribution in [3.8, 4) is 56.2 Å². The molecule has 132 heavy (non-hydrogen) atoms. The van der Waals surface area contributed by atoms with Crippen molar-refractivity contribution >= 4 is 66.7 Å². The van der Waals surface area contributed by atoms with Gasteiger partial charge in [-0.3, -0.25) is 39.1 Å². The van der Waals surface area contributed by atoms with Crippen molar-refractivity contribution in [3.63, 3.8) is 0 Å². The summed E-state index contributed by atoms with van der Waals surface area (Å²) in [4.78, 5) is 63.2. The molecule has 0 bridgehead atoms. The van der Waals surface area contributed by atoms with E-state index in [0.29, 0.717) is 110 Å². The Kier molecular flexibility index (Phi) is 55.0. The fraction of sp³-hybridized carbons (Fsp3) is 0.310. The molecule has 0 aliphatic heterocycles. The Morgan fingerprint density at radius 1 is 0.303 bits per heavy atom. The summed E-state index contributed by atoms with van der Waals surface area (Å²) in [6.45, 7) is 38.2. The molecule has 13 aromatic rings. The van der Waals surface area contributed by atoms with Gasteiger partial charge in [0.1, 0.15) is 0 Å². The smallest absolute Gasteiger partial charge is 0.159 e. The molecule has 19 heteroatoms. The molecule has 4 heterocycles. The number of benzene rings is 9. The first-order valence-corrected chi connectivity index (χ1v) is 44.0. The summed E-state index contributed by atoms with van der Waals surface area (Å²) >= 11 is 0. The predicted molar refractivity (Wildman–Crippen MR) is 522 cm³/mol. The number of aliphatic hydroxyl groups excluding tert-OH is 4. The van der Waals surface area contributed by atoms with E-state index in [1.807, 2.05) is 239 Å². The van der Waals surface area contributed by atoms with Gasteiger partial charge in [0.25, 0.3) is 0 Å². The minimum atomic E-state index is -0.722. The van der Waals surface area contributed by atoms with Crippen LogP contribution in [-0.2, 0) is 99.6 Å². The molecule has 4 aromatic heterocycles. The van der Waals surface area contributed by atoms with Gasteiger partial charge in [0.05, 0.1) is 45.1 Å². The SMILES string of the molecule is CC(C)CC(=O)C=C(O)CC(C)C.CC(C)CC(=O)C=C(O)CC(C)C.CC(C)CC(=O)C=C(O)CC(C)C.CC(C)CC(=O)C=C(O)CC(C)C.Cc1c[c-]c(-c2ccc3ccccc3n2)cc1C.Cc1ccc(F)[c-]c1-c1ccc2ccccc2n1.Fc1[c-]c(-c2ccc3ccccc3n2)cc(F)c1.[Ir].[Ir].[Ir].[Ir].[c-]1ccc(-c2ccccc2)cc1-c1ccc2ccccc2n1. The Morgan fingerprint density at radius 2 is 0.621 bits per heavy atom. The first-order chi connectivity index (χ1) is 60.7. The topological polar surface area (TPSA) is 201 Å². The maximum atomic E-state index is 13.3. The second-order valence-corrected chi connectivity index (χ2v) is 35.2. The number of nitrogens with zero attached hydrogens (tertiary/aromatic N) is 4. The zero-order chi connectivity index (χ0) is 94.1. The number of fused-ring (bicyclic) bond motifs is 4. The maximum Gasteiger partial charge on any atom is 0.159 e. The van der Waals surface area contributed by atoms with Gasteiger partial charge in [0.15, 0.2) is 23.1 Å². The van der Waals surface area contributed by atoms with Crippen molar-refractivity contribution in [2.75, 3.05) is 0 Å². The van der Waals surface area contributed by atoms with Crippen LogP contribution in [0.4, 0.5) is 13.2 Å². The molecule has 0 aliphatic rings. The molecule has 708 valence electrons. The van der Waals surface area contributed by atoms with Gasteiger partial charge < -0.3 is 20.4 Å². The van der Waals surface area contributed by atoms with Crippen LogP contribution in [0.15, 0.2) is 278 Å². The largest absolute Gasteiger partial charge is 0.512 e. The molecular formula is C113H127F3Ir4N4O8-4. The Hall–Kier alpha value is -10.2. The number of rotatable bonds is 25. The molecule has 0 fully saturated rings. The molecule has 0 saturated heterocycles. The fourth-order valence-corrected chi connectivity index (χ4v) is 13.0. The minimum absolute atomic E-state index is 0. The number of carbonyl (C=O) groups is 4. The van der Waals surface area contributed by atoms with Crippen molar-refractivity contribution in [2.24, 2.45) is 47.3 Å². The molecule has 0 aliphatic carbocycles. The third-order valence-electron chi connectivity index (χ3n) is 19.0. The third kappa shape index (κ3) is 45.0. The van der Waals surface area contributed by atoms with Gasteiger partial charge in [-0.05, 0) is 121 Å². The number of allylic oxidation sites excluding steroid dienone is 8. The molecule has 12 nitrogen and oxygen atoms in total. The van der Waals surface area contributed by atoms with Gasteiger partial charge in [0, 0.05) is 174 Å². The zero-order valence-electron chi connectivity index (χ0n) is 79.2. The summed E-state index contributed by atoms with van der Waals surface area (Å²) in [6, 6.07) is 85.3. The molecule has 9 aromatic carbocycles. The number of hydrogen-bond acceptors (Lipinski definition) is 12. The Morgan fingerprint density at radius 3 is 0.962 bits per heavy atom. The molecule has 4 radical (unpaired) electrons. The van der Waals surface area contributed by atoms with E-state index >= 15 is 0 Å². The van der Waals surface area contributed by atoms with E-state index in [1.165, 1.54) is 64.1 Å². The molecule has 0 saturated carbocycles. The minimum Gasteiger partial charge on any atom is -0.512 e. The van der Waals surface area contributed by atoms with E-state index in [2.05, 4.69) is 132 Å². The molecule has 0 atom stereocenters. The van der Waals surface area contributed by atoms with Crippen molar-refractivity contribution < 1.29 is 133 Å². The third-order valence-corrected chi connectivity index (χ3v) is 19.0. The van der Waals surface area contributed by atoms with Crippen molar-refractivity contribution in [1.82, 2.24) is 19.9 Å². The second kappa shape index (κ2) is 61.6. The molecule has 4 N–H and O–H groups in total. The first kappa shape index (κ1) is 118. The molecular weight excluding hydrogens is 2370 g/mol. The number of ketones is 4. The number of aromatic nitrogens is 4. The van der Waals surface area contributed by atoms with Gasteiger partial charge in [-0.1, -0.05) is 289 Å². The van der Waals surface area contributed by atoms with Gasteiger partial charge >= 0.3 is 0 Å². The van der Waals surface area contributed by atoms with E-state index in [9.17, 15) is 52.8 Å². The molecule has 0 amide bonds. The average molecular weight is 2500 g/mol. The monoisotopic (exact) mass is 2500 g/mol. The van der Waals surface area contributed by atoms with Gasteiger partial charge in [-0.25, -0.2) is 13.2 Å². The predicted octanol–water partition coefficient (Wildman–Crippen LogP) is 30.2. The van der Waals surface area contributed by atoms with Crippen LogP contribution in [0.5, 0.6) is 0 Å². The molecule has 13 rings (SSSR count). The van der Waals surface area contributed by atoms with E-state index in [-0.39, 0.29) is 132 Å². The molecule has 0 spiro atoms. The Balaban J connectivity index is 0.000000513. The molecule has 0 unspecified atom stereocenters. The van der Waals surface area contributed by atoms with Crippen LogP contribution in [0.2, 0.25) is 0 Å². The van der Waals surface area contributed by atoms with E-state index in [0.717, 1.165) is 83.6 Å². The van der Waals surface area contributed by atoms with Gasteiger partial charge in [0.2, 0.25) is 0 Å². The van der Waals surface area contributed by atoms with Crippen LogP contribution in [0, 0.1) is 110 Å². The summed E-state index contributed by atoms with van der Waals surface area (Å²) in [7, 11) is 0. The van der Waals surface area contributed by atoms with Crippen LogP contribution in [0.25, 0.3) is 99.8 Å². The van der Waals surface area contributed by atoms with Crippen LogP contribution in [0.3, 0.4) is 0 Å². The van der Waals surface area contributed by atoms with Crippen molar-refractivity contribution in [3.05, 3.63) is 336 Å². The van der Waals surface area contributed by atoms with Gasteiger partial charge in [-0.2, -0.15) is 0 Å². The first-order valence-electron chi connectivity index (χ1n) is 44.0. The number of hydrogen-bond donors (Lipinski definition) is 4. The number of pyridine rings is 4. The quantitative estimate of drug-likeness (QED) is 0.0240.